The zero-order valence-electron chi connectivity index (χ0n) is 5.26. The van der Waals surface area contributed by atoms with Crippen LogP contribution in [0.5, 0.6) is 0 Å². The summed E-state index contributed by atoms with van der Waals surface area (Å²) in [5.41, 5.74) is 0.394. The second-order valence-electron chi connectivity index (χ2n) is 1.70. The average Bonchev–Trinajstić information content (AvgIpc) is 1.80. The first-order valence-corrected chi connectivity index (χ1v) is 3.50. The van der Waals surface area contributed by atoms with Gasteiger partial charge in [-0.1, -0.05) is 0 Å². The summed E-state index contributed by atoms with van der Waals surface area (Å²) in [7, 11) is 0. The van der Waals surface area contributed by atoms with Crippen molar-refractivity contribution in [1.82, 2.24) is 0 Å². The molecule has 0 spiro atoms. The SMILES string of the molecule is NC(CSC(F)(F)F)C(=O)O. The van der Waals surface area contributed by atoms with E-state index in [1.165, 1.54) is 0 Å². The number of halogens is 3. The molecule has 0 aromatic heterocycles. The lowest BCUT2D eigenvalue weighted by Crippen LogP contribution is -2.33. The van der Waals surface area contributed by atoms with Crippen molar-refractivity contribution in [3.05, 3.63) is 0 Å². The summed E-state index contributed by atoms with van der Waals surface area (Å²) in [6, 6.07) is -1.46. The lowest BCUT2D eigenvalue weighted by Gasteiger charge is -2.07. The van der Waals surface area contributed by atoms with Crippen molar-refractivity contribution in [2.45, 2.75) is 11.6 Å². The van der Waals surface area contributed by atoms with Crippen LogP contribution >= 0.6 is 11.8 Å². The minimum Gasteiger partial charge on any atom is -0.480 e. The summed E-state index contributed by atoms with van der Waals surface area (Å²) in [5, 5.41) is 8.07. The molecular weight excluding hydrogens is 183 g/mol. The number of aliphatic carboxylic acids is 1. The van der Waals surface area contributed by atoms with E-state index in [0.29, 0.717) is 0 Å². The van der Waals surface area contributed by atoms with E-state index in [1.54, 1.807) is 0 Å². The first kappa shape index (κ1) is 10.6. The van der Waals surface area contributed by atoms with Crippen LogP contribution in [0.1, 0.15) is 0 Å². The van der Waals surface area contributed by atoms with Crippen LogP contribution in [-0.2, 0) is 4.79 Å². The maximum Gasteiger partial charge on any atom is 0.441 e. The maximum absolute atomic E-state index is 11.4. The Morgan fingerprint density at radius 1 is 1.64 bits per heavy atom. The van der Waals surface area contributed by atoms with E-state index in [9.17, 15) is 18.0 Å². The van der Waals surface area contributed by atoms with Crippen LogP contribution < -0.4 is 5.73 Å². The molecule has 3 N–H and O–H groups in total. The zero-order chi connectivity index (χ0) is 9.07. The van der Waals surface area contributed by atoms with Gasteiger partial charge in [0.2, 0.25) is 0 Å². The second-order valence-corrected chi connectivity index (χ2v) is 2.79. The van der Waals surface area contributed by atoms with Gasteiger partial charge in [-0.25, -0.2) is 0 Å². The Bertz CT molecular complexity index is 149. The van der Waals surface area contributed by atoms with Crippen molar-refractivity contribution in [3.63, 3.8) is 0 Å². The predicted octanol–water partition coefficient (Wildman–Crippen LogP) is 0.651. The summed E-state index contributed by atoms with van der Waals surface area (Å²) in [4.78, 5) is 9.91. The van der Waals surface area contributed by atoms with Crippen LogP contribution in [0.2, 0.25) is 0 Å². The Labute approximate surface area is 64.7 Å². The normalized spacial score (nSPS) is 14.5. The van der Waals surface area contributed by atoms with Crippen molar-refractivity contribution in [2.24, 2.45) is 5.73 Å². The van der Waals surface area contributed by atoms with Gasteiger partial charge in [-0.05, 0) is 11.8 Å². The van der Waals surface area contributed by atoms with Crippen molar-refractivity contribution < 1.29 is 23.1 Å². The summed E-state index contributed by atoms with van der Waals surface area (Å²) < 4.78 is 34.2. The highest BCUT2D eigenvalue weighted by atomic mass is 32.2. The van der Waals surface area contributed by atoms with Crippen molar-refractivity contribution in [2.75, 3.05) is 5.75 Å². The summed E-state index contributed by atoms with van der Waals surface area (Å²) in [6.07, 6.45) is 0. The molecule has 0 rings (SSSR count). The van der Waals surface area contributed by atoms with Crippen LogP contribution in [0.4, 0.5) is 13.2 Å². The molecule has 0 aromatic rings. The molecule has 0 heterocycles. The summed E-state index contributed by atoms with van der Waals surface area (Å²) >= 11 is -0.436. The number of carbonyl (C=O) groups is 1. The van der Waals surface area contributed by atoms with E-state index in [-0.39, 0.29) is 0 Å². The Balaban J connectivity index is 3.63. The minimum atomic E-state index is -4.41. The minimum absolute atomic E-state index is 0.436. The number of thioether (sulfide) groups is 1. The second kappa shape index (κ2) is 3.82. The molecule has 7 heteroatoms. The molecular formula is C4H6F3NO2S. The lowest BCUT2D eigenvalue weighted by molar-refractivity contribution is -0.137. The van der Waals surface area contributed by atoms with Crippen molar-refractivity contribution in [3.8, 4) is 0 Å². The number of nitrogens with two attached hydrogens (primary N) is 1. The predicted molar refractivity (Wildman–Crippen MR) is 34.1 cm³/mol. The van der Waals surface area contributed by atoms with E-state index >= 15 is 0 Å². The third kappa shape index (κ3) is 5.99. The Morgan fingerprint density at radius 2 is 2.09 bits per heavy atom. The van der Waals surface area contributed by atoms with Gasteiger partial charge in [0.15, 0.2) is 0 Å². The summed E-state index contributed by atoms with van der Waals surface area (Å²) in [5.74, 6) is -2.08. The van der Waals surface area contributed by atoms with Crippen molar-refractivity contribution >= 4 is 17.7 Å². The molecule has 0 aliphatic carbocycles. The van der Waals surface area contributed by atoms with Gasteiger partial charge in [0.25, 0.3) is 0 Å². The van der Waals surface area contributed by atoms with Gasteiger partial charge in [-0.2, -0.15) is 13.2 Å². The highest BCUT2D eigenvalue weighted by Gasteiger charge is 2.30. The molecule has 0 radical (unpaired) electrons. The monoisotopic (exact) mass is 189 g/mol. The van der Waals surface area contributed by atoms with E-state index in [2.05, 4.69) is 0 Å². The molecule has 66 valence electrons. The Hall–Kier alpha value is -0.430. The molecule has 0 saturated carbocycles. The van der Waals surface area contributed by atoms with Crippen LogP contribution in [-0.4, -0.2) is 28.4 Å². The quantitative estimate of drug-likeness (QED) is 0.684. The molecule has 0 bridgehead atoms. The van der Waals surface area contributed by atoms with Crippen LogP contribution in [0.25, 0.3) is 0 Å². The summed E-state index contributed by atoms with van der Waals surface area (Å²) in [6.45, 7) is 0. The number of hydrogen-bond acceptors (Lipinski definition) is 3. The molecule has 11 heavy (non-hydrogen) atoms. The third-order valence-corrected chi connectivity index (χ3v) is 1.60. The molecule has 0 saturated heterocycles. The van der Waals surface area contributed by atoms with Gasteiger partial charge < -0.3 is 10.8 Å². The number of hydrogen-bond donors (Lipinski definition) is 2. The molecule has 0 fully saturated rings. The van der Waals surface area contributed by atoms with E-state index < -0.39 is 35.0 Å². The van der Waals surface area contributed by atoms with Gasteiger partial charge in [0.05, 0.1) is 0 Å². The van der Waals surface area contributed by atoms with Gasteiger partial charge in [-0.15, -0.1) is 0 Å². The van der Waals surface area contributed by atoms with E-state index in [4.69, 9.17) is 10.8 Å². The Kier molecular flexibility index (Phi) is 3.67. The molecule has 0 amide bonds. The fourth-order valence-electron chi connectivity index (χ4n) is 0.256. The van der Waals surface area contributed by atoms with Gasteiger partial charge in [0, 0.05) is 5.75 Å². The largest absolute Gasteiger partial charge is 0.480 e. The standard InChI is InChI=1S/C4H6F3NO2S/c5-4(6,7)11-1-2(8)3(9)10/h2H,1,8H2,(H,9,10). The van der Waals surface area contributed by atoms with E-state index in [1.807, 2.05) is 0 Å². The first-order chi connectivity index (χ1) is 4.83. The third-order valence-electron chi connectivity index (χ3n) is 0.744. The molecule has 0 aromatic carbocycles. The van der Waals surface area contributed by atoms with Gasteiger partial charge in [-0.3, -0.25) is 4.79 Å². The highest BCUT2D eigenvalue weighted by molar-refractivity contribution is 8.00. The molecule has 0 aliphatic heterocycles. The molecule has 0 aliphatic rings. The molecule has 1 unspecified atom stereocenters. The smallest absolute Gasteiger partial charge is 0.441 e. The van der Waals surface area contributed by atoms with Crippen LogP contribution in [0.15, 0.2) is 0 Å². The van der Waals surface area contributed by atoms with Crippen molar-refractivity contribution in [1.29, 1.82) is 0 Å². The maximum atomic E-state index is 11.4. The zero-order valence-corrected chi connectivity index (χ0v) is 6.08. The highest BCUT2D eigenvalue weighted by Crippen LogP contribution is 2.30. The van der Waals surface area contributed by atoms with Gasteiger partial charge in [0.1, 0.15) is 6.04 Å². The van der Waals surface area contributed by atoms with Crippen LogP contribution in [0, 0.1) is 0 Å². The lowest BCUT2D eigenvalue weighted by atomic mass is 10.4. The number of alkyl halides is 3. The number of carboxylic acid groups (broad SMARTS) is 1. The van der Waals surface area contributed by atoms with Crippen LogP contribution in [0.3, 0.4) is 0 Å². The fourth-order valence-corrected chi connectivity index (χ4v) is 0.767. The topological polar surface area (TPSA) is 63.3 Å². The average molecular weight is 189 g/mol. The number of carboxylic acids is 1. The Morgan fingerprint density at radius 3 is 2.36 bits per heavy atom. The number of rotatable bonds is 3. The molecule has 3 nitrogen and oxygen atoms in total. The molecule has 1 atom stereocenters. The van der Waals surface area contributed by atoms with Gasteiger partial charge >= 0.3 is 11.5 Å². The van der Waals surface area contributed by atoms with E-state index in [0.717, 1.165) is 0 Å². The fraction of sp³-hybridized carbons (Fsp3) is 0.750. The first-order valence-electron chi connectivity index (χ1n) is 2.52.